The van der Waals surface area contributed by atoms with Crippen LogP contribution in [0.25, 0.3) is 0 Å². The second-order valence-electron chi connectivity index (χ2n) is 10.4. The highest BCUT2D eigenvalue weighted by Gasteiger charge is 2.21. The Morgan fingerprint density at radius 2 is 1.60 bits per heavy atom. The van der Waals surface area contributed by atoms with Gasteiger partial charge in [0.15, 0.2) is 6.61 Å². The number of hydrogen-bond donors (Lipinski definition) is 2. The average molecular weight is 589 g/mol. The molecule has 0 aliphatic heterocycles. The van der Waals surface area contributed by atoms with Crippen LogP contribution in [0.3, 0.4) is 0 Å². The molecule has 43 heavy (non-hydrogen) atoms. The first kappa shape index (κ1) is 32.7. The predicted octanol–water partition coefficient (Wildman–Crippen LogP) is 5.03. The van der Waals surface area contributed by atoms with Crippen LogP contribution in [-0.2, 0) is 25.5 Å². The molecule has 0 saturated heterocycles. The van der Waals surface area contributed by atoms with Crippen molar-refractivity contribution in [2.24, 2.45) is 5.92 Å². The second kappa shape index (κ2) is 16.5. The van der Waals surface area contributed by atoms with Gasteiger partial charge in [-0.1, -0.05) is 56.3 Å². The number of esters is 1. The number of hydrogen-bond acceptors (Lipinski definition) is 6. The lowest BCUT2D eigenvalue weighted by Crippen LogP contribution is -2.42. The molecule has 0 aliphatic carbocycles. The van der Waals surface area contributed by atoms with E-state index in [0.29, 0.717) is 35.2 Å². The van der Waals surface area contributed by atoms with Crippen LogP contribution >= 0.6 is 0 Å². The zero-order chi connectivity index (χ0) is 31.2. The van der Waals surface area contributed by atoms with Gasteiger partial charge in [-0.15, -0.1) is 0 Å². The molecule has 10 nitrogen and oxygen atoms in total. The van der Waals surface area contributed by atoms with Crippen molar-refractivity contribution in [3.8, 4) is 5.75 Å². The Morgan fingerprint density at radius 3 is 2.33 bits per heavy atom. The number of para-hydroxylation sites is 3. The van der Waals surface area contributed by atoms with Crippen LogP contribution in [0, 0.1) is 5.92 Å². The lowest BCUT2D eigenvalue weighted by molar-refractivity contribution is -0.139. The van der Waals surface area contributed by atoms with E-state index in [1.54, 1.807) is 60.5 Å². The van der Waals surface area contributed by atoms with Gasteiger partial charge >= 0.3 is 12.0 Å². The van der Waals surface area contributed by atoms with E-state index in [9.17, 15) is 19.2 Å². The third kappa shape index (κ3) is 10.5. The number of carbonyl (C=O) groups excluding carboxylic acids is 4. The number of methoxy groups -OCH3 is 1. The van der Waals surface area contributed by atoms with E-state index in [2.05, 4.69) is 24.5 Å². The van der Waals surface area contributed by atoms with E-state index < -0.39 is 6.03 Å². The van der Waals surface area contributed by atoms with E-state index in [4.69, 9.17) is 9.47 Å². The summed E-state index contributed by atoms with van der Waals surface area (Å²) in [5.41, 5.74) is 2.42. The van der Waals surface area contributed by atoms with Crippen molar-refractivity contribution in [3.05, 3.63) is 84.4 Å². The molecule has 2 N–H and O–H groups in total. The number of anilines is 3. The zero-order valence-electron chi connectivity index (χ0n) is 25.2. The van der Waals surface area contributed by atoms with E-state index in [-0.39, 0.29) is 37.4 Å². The number of ether oxygens (including phenoxy) is 2. The maximum Gasteiger partial charge on any atom is 0.319 e. The molecule has 0 unspecified atom stereocenters. The molecule has 0 heterocycles. The number of likely N-dealkylation sites (N-methyl/N-ethyl adjacent to an activating group) is 1. The normalized spacial score (nSPS) is 10.5. The van der Waals surface area contributed by atoms with Crippen LogP contribution in [0.1, 0.15) is 32.3 Å². The number of urea groups is 1. The first-order valence-corrected chi connectivity index (χ1v) is 14.2. The van der Waals surface area contributed by atoms with Crippen molar-refractivity contribution >= 4 is 40.9 Å². The highest BCUT2D eigenvalue weighted by molar-refractivity contribution is 5.99. The van der Waals surface area contributed by atoms with Gasteiger partial charge in [-0.3, -0.25) is 14.4 Å². The van der Waals surface area contributed by atoms with Gasteiger partial charge in [0.25, 0.3) is 5.91 Å². The molecule has 0 aliphatic rings. The molecular formula is C33H40N4O6. The van der Waals surface area contributed by atoms with Gasteiger partial charge in [0.2, 0.25) is 5.91 Å². The van der Waals surface area contributed by atoms with E-state index in [0.717, 1.165) is 18.5 Å². The third-order valence-electron chi connectivity index (χ3n) is 6.65. The Labute approximate surface area is 253 Å². The minimum Gasteiger partial charge on any atom is -0.482 e. The fourth-order valence-corrected chi connectivity index (χ4v) is 4.30. The largest absolute Gasteiger partial charge is 0.482 e. The minimum absolute atomic E-state index is 0.0765. The van der Waals surface area contributed by atoms with Crippen molar-refractivity contribution in [2.75, 3.05) is 49.0 Å². The van der Waals surface area contributed by atoms with Gasteiger partial charge in [0, 0.05) is 25.0 Å². The molecule has 0 aromatic heterocycles. The van der Waals surface area contributed by atoms with E-state index >= 15 is 0 Å². The van der Waals surface area contributed by atoms with E-state index in [1.807, 2.05) is 30.3 Å². The van der Waals surface area contributed by atoms with Crippen LogP contribution < -0.4 is 25.2 Å². The highest BCUT2D eigenvalue weighted by atomic mass is 16.5. The number of benzene rings is 3. The van der Waals surface area contributed by atoms with Crippen LogP contribution in [0.4, 0.5) is 21.9 Å². The third-order valence-corrected chi connectivity index (χ3v) is 6.65. The fourth-order valence-electron chi connectivity index (χ4n) is 4.30. The molecule has 3 rings (SSSR count). The molecule has 228 valence electrons. The highest BCUT2D eigenvalue weighted by Crippen LogP contribution is 2.29. The molecule has 3 aromatic carbocycles. The average Bonchev–Trinajstić information content (AvgIpc) is 3.01. The molecule has 0 bridgehead atoms. The summed E-state index contributed by atoms with van der Waals surface area (Å²) in [6, 6.07) is 22.6. The van der Waals surface area contributed by atoms with Gasteiger partial charge in [-0.05, 0) is 60.7 Å². The van der Waals surface area contributed by atoms with Crippen molar-refractivity contribution in [2.45, 2.75) is 33.1 Å². The lowest BCUT2D eigenvalue weighted by atomic mass is 10.1. The summed E-state index contributed by atoms with van der Waals surface area (Å²) in [5.74, 6) is -0.119. The lowest BCUT2D eigenvalue weighted by Gasteiger charge is -2.26. The predicted molar refractivity (Wildman–Crippen MR) is 167 cm³/mol. The maximum atomic E-state index is 13.5. The Kier molecular flexibility index (Phi) is 12.6. The summed E-state index contributed by atoms with van der Waals surface area (Å²) in [6.07, 6.45) is 1.72. The standard InChI is InChI=1S/C33H40N4O6/c1-24(2)12-11-19-37(30(38)22-34-33(41)35-26-14-10-13-25(20-26)21-32(40)42-4)28-17-8-9-18-29(28)43-23-31(39)36(3)27-15-6-5-7-16-27/h5-10,13-18,20,24H,11-12,19,21-23H2,1-4H3,(H2,34,35,41). The first-order valence-electron chi connectivity index (χ1n) is 14.2. The quantitative estimate of drug-likeness (QED) is 0.255. The van der Waals surface area contributed by atoms with Gasteiger partial charge in [-0.25, -0.2) is 4.79 Å². The van der Waals surface area contributed by atoms with Gasteiger partial charge in [0.05, 0.1) is 25.8 Å². The fraction of sp³-hybridized carbons (Fsp3) is 0.333. The Morgan fingerprint density at radius 1 is 0.884 bits per heavy atom. The molecule has 0 radical (unpaired) electrons. The first-order chi connectivity index (χ1) is 20.7. The topological polar surface area (TPSA) is 117 Å². The van der Waals surface area contributed by atoms with Gasteiger partial charge in [-0.2, -0.15) is 0 Å². The van der Waals surface area contributed by atoms with Gasteiger partial charge in [0.1, 0.15) is 5.75 Å². The number of nitrogens with one attached hydrogen (secondary N) is 2. The number of amides is 4. The summed E-state index contributed by atoms with van der Waals surface area (Å²) >= 11 is 0. The van der Waals surface area contributed by atoms with Crippen molar-refractivity contribution < 1.29 is 28.7 Å². The molecule has 0 atom stereocenters. The summed E-state index contributed by atoms with van der Waals surface area (Å²) < 4.78 is 10.6. The second-order valence-corrected chi connectivity index (χ2v) is 10.4. The van der Waals surface area contributed by atoms with Crippen LogP contribution in [-0.4, -0.2) is 57.7 Å². The van der Waals surface area contributed by atoms with Gasteiger partial charge < -0.3 is 29.9 Å². The number of rotatable bonds is 14. The Hall–Kier alpha value is -4.86. The minimum atomic E-state index is -0.565. The smallest absolute Gasteiger partial charge is 0.319 e. The molecular weight excluding hydrogens is 548 g/mol. The molecule has 0 spiro atoms. The molecule has 10 heteroatoms. The molecule has 3 aromatic rings. The van der Waals surface area contributed by atoms with Crippen molar-refractivity contribution in [1.29, 1.82) is 0 Å². The summed E-state index contributed by atoms with van der Waals surface area (Å²) in [6.45, 7) is 4.16. The zero-order valence-corrected chi connectivity index (χ0v) is 25.2. The van der Waals surface area contributed by atoms with E-state index in [1.165, 1.54) is 12.0 Å². The maximum absolute atomic E-state index is 13.5. The SMILES string of the molecule is COC(=O)Cc1cccc(NC(=O)NCC(=O)N(CCCC(C)C)c2ccccc2OCC(=O)N(C)c2ccccc2)c1. The molecule has 0 saturated carbocycles. The molecule has 0 fully saturated rings. The number of carbonyl (C=O) groups is 4. The van der Waals surface area contributed by atoms with Crippen molar-refractivity contribution in [3.63, 3.8) is 0 Å². The summed E-state index contributed by atoms with van der Waals surface area (Å²) in [7, 11) is 3.00. The summed E-state index contributed by atoms with van der Waals surface area (Å²) in [5, 5.41) is 5.31. The summed E-state index contributed by atoms with van der Waals surface area (Å²) in [4.78, 5) is 53.6. The monoisotopic (exact) mass is 588 g/mol. The van der Waals surface area contributed by atoms with Crippen LogP contribution in [0.15, 0.2) is 78.9 Å². The Bertz CT molecular complexity index is 1380. The van der Waals surface area contributed by atoms with Crippen LogP contribution in [0.5, 0.6) is 5.75 Å². The number of nitrogens with zero attached hydrogens (tertiary/aromatic N) is 2. The van der Waals surface area contributed by atoms with Crippen LogP contribution in [0.2, 0.25) is 0 Å². The Balaban J connectivity index is 1.68. The van der Waals surface area contributed by atoms with Crippen molar-refractivity contribution in [1.82, 2.24) is 5.32 Å². The molecule has 4 amide bonds.